The third kappa shape index (κ3) is 24.6. The van der Waals surface area contributed by atoms with Gasteiger partial charge in [-0.1, -0.05) is 126 Å². The minimum atomic E-state index is -5.46. The van der Waals surface area contributed by atoms with Crippen LogP contribution in [0.4, 0.5) is 0 Å². The standard InChI is InChI=1S/C49H83O16P/c1-3-5-7-8-9-10-11-12-13-14-15-16-17-18-19-20-26-30-43(54)64-37-34-62-42(53)29-25-22-21-24-28-38-40(51)33-41(52)39(32-31-36(50)27-23-6-4-2)45(56)47(58)49(48(59)46(57)44(38)55)65-66(60,61)63-35-37/h12-13,15-16,18-19,21,24,31-32,36-41,44-52,55-59H,3-11,14,17,20,22-23,25-30,33-35H2,1-2H3,(H,60,61)/b13-12-,16-15-,19-18-,24-21+,32-31+/t36-,37+,38-,39-,40-,41+,44+,45+,46-,47+,48+,49+/m0/s1. The molecular formula is C49H83O16P. The number of phosphoric ester groups is 1. The molecule has 16 nitrogen and oxygen atoms in total. The molecule has 9 N–H and O–H groups in total. The lowest BCUT2D eigenvalue weighted by Crippen LogP contribution is -2.55. The van der Waals surface area contributed by atoms with Gasteiger partial charge >= 0.3 is 19.8 Å². The van der Waals surface area contributed by atoms with Gasteiger partial charge in [0.2, 0.25) is 0 Å². The molecule has 0 saturated heterocycles. The second kappa shape index (κ2) is 34.7. The summed E-state index contributed by atoms with van der Waals surface area (Å²) in [5.41, 5.74) is 0. The summed E-state index contributed by atoms with van der Waals surface area (Å²) in [5, 5.41) is 90.1. The first-order chi connectivity index (χ1) is 31.6. The van der Waals surface area contributed by atoms with Gasteiger partial charge in [-0.25, -0.2) is 4.57 Å². The number of phosphoric acid groups is 1. The Balaban J connectivity index is 2.19. The molecule has 1 heterocycles. The number of hydrogen-bond acceptors (Lipinski definition) is 15. The molecule has 0 aromatic heterocycles. The van der Waals surface area contributed by atoms with Crippen molar-refractivity contribution in [1.29, 1.82) is 0 Å². The van der Waals surface area contributed by atoms with Gasteiger partial charge in [0, 0.05) is 31.1 Å². The molecule has 13 atom stereocenters. The van der Waals surface area contributed by atoms with E-state index in [1.165, 1.54) is 50.7 Å². The van der Waals surface area contributed by atoms with E-state index in [9.17, 15) is 59.9 Å². The number of fused-ring (bicyclic) bond motifs is 4. The smallest absolute Gasteiger partial charge is 0.462 e. The van der Waals surface area contributed by atoms with Crippen LogP contribution in [0.3, 0.4) is 0 Å². The van der Waals surface area contributed by atoms with Crippen LogP contribution < -0.4 is 0 Å². The third-order valence-corrected chi connectivity index (χ3v) is 12.9. The van der Waals surface area contributed by atoms with Gasteiger partial charge < -0.3 is 55.2 Å². The quantitative estimate of drug-likeness (QED) is 0.0257. The first-order valence-electron chi connectivity index (χ1n) is 24.3. The molecule has 66 heavy (non-hydrogen) atoms. The Hall–Kier alpha value is -2.57. The maximum atomic E-state index is 13.5. The molecule has 0 radical (unpaired) electrons. The van der Waals surface area contributed by atoms with Crippen molar-refractivity contribution >= 4 is 19.8 Å². The molecule has 0 aromatic carbocycles. The van der Waals surface area contributed by atoms with Crippen LogP contribution in [-0.2, 0) is 32.7 Å². The number of ether oxygens (including phenoxy) is 2. The van der Waals surface area contributed by atoms with E-state index in [1.807, 2.05) is 19.1 Å². The van der Waals surface area contributed by atoms with Crippen LogP contribution >= 0.6 is 7.82 Å². The van der Waals surface area contributed by atoms with Crippen LogP contribution in [0.1, 0.15) is 149 Å². The Morgan fingerprint density at radius 3 is 2.09 bits per heavy atom. The average Bonchev–Trinajstić information content (AvgIpc) is 3.28. The molecule has 0 spiro atoms. The summed E-state index contributed by atoms with van der Waals surface area (Å²) in [6.07, 6.45) is 13.2. The number of rotatable bonds is 22. The van der Waals surface area contributed by atoms with E-state index >= 15 is 0 Å². The van der Waals surface area contributed by atoms with Crippen molar-refractivity contribution in [2.24, 2.45) is 11.8 Å². The molecule has 2 aliphatic rings. The van der Waals surface area contributed by atoms with E-state index in [2.05, 4.69) is 31.2 Å². The van der Waals surface area contributed by atoms with E-state index in [1.54, 1.807) is 12.2 Å². The Morgan fingerprint density at radius 1 is 0.773 bits per heavy atom. The van der Waals surface area contributed by atoms with Crippen molar-refractivity contribution in [2.75, 3.05) is 13.2 Å². The highest BCUT2D eigenvalue weighted by molar-refractivity contribution is 7.47. The van der Waals surface area contributed by atoms with Crippen LogP contribution in [0.15, 0.2) is 60.8 Å². The lowest BCUT2D eigenvalue weighted by molar-refractivity contribution is -0.167. The Kier molecular flexibility index (Phi) is 31.3. The fourth-order valence-electron chi connectivity index (χ4n) is 7.83. The normalized spacial score (nSPS) is 32.6. The molecule has 0 aromatic rings. The van der Waals surface area contributed by atoms with Crippen molar-refractivity contribution in [3.63, 3.8) is 0 Å². The van der Waals surface area contributed by atoms with Crippen LogP contribution in [0.5, 0.6) is 0 Å². The zero-order valence-electron chi connectivity index (χ0n) is 39.3. The molecular weight excluding hydrogens is 875 g/mol. The minimum absolute atomic E-state index is 0.0425. The van der Waals surface area contributed by atoms with Gasteiger partial charge in [0.1, 0.15) is 31.0 Å². The molecule has 1 aliphatic heterocycles. The van der Waals surface area contributed by atoms with Crippen LogP contribution in [0.25, 0.3) is 0 Å². The highest BCUT2D eigenvalue weighted by Gasteiger charge is 2.49. The van der Waals surface area contributed by atoms with Gasteiger partial charge in [-0.3, -0.25) is 18.6 Å². The van der Waals surface area contributed by atoms with Crippen LogP contribution in [0, 0.1) is 11.8 Å². The lowest BCUT2D eigenvalue weighted by Gasteiger charge is -2.37. The lowest BCUT2D eigenvalue weighted by atomic mass is 9.83. The van der Waals surface area contributed by atoms with Gasteiger partial charge in [-0.15, -0.1) is 0 Å². The van der Waals surface area contributed by atoms with Crippen LogP contribution in [-0.4, -0.2) is 132 Å². The Labute approximate surface area is 392 Å². The van der Waals surface area contributed by atoms with E-state index in [0.29, 0.717) is 38.5 Å². The van der Waals surface area contributed by atoms with Gasteiger partial charge in [0.05, 0.1) is 37.1 Å². The zero-order chi connectivity index (χ0) is 48.7. The predicted molar refractivity (Wildman–Crippen MR) is 251 cm³/mol. The second-order valence-corrected chi connectivity index (χ2v) is 19.0. The molecule has 2 bridgehead atoms. The summed E-state index contributed by atoms with van der Waals surface area (Å²) in [6.45, 7) is 2.77. The number of carbonyl (C=O) groups excluding carboxylic acids is 2. The average molecular weight is 959 g/mol. The van der Waals surface area contributed by atoms with E-state index in [4.69, 9.17) is 18.5 Å². The number of carbonyl (C=O) groups is 2. The maximum Gasteiger partial charge on any atom is 0.472 e. The topological polar surface area (TPSA) is 270 Å². The molecule has 1 saturated carbocycles. The first kappa shape index (κ1) is 59.6. The molecule has 0 amide bonds. The van der Waals surface area contributed by atoms with Crippen molar-refractivity contribution in [2.45, 2.75) is 210 Å². The number of hydrogen-bond donors (Lipinski definition) is 9. The monoisotopic (exact) mass is 959 g/mol. The van der Waals surface area contributed by atoms with E-state index < -0.39 is 112 Å². The molecule has 2 rings (SSSR count). The van der Waals surface area contributed by atoms with Crippen molar-refractivity contribution in [3.8, 4) is 0 Å². The summed E-state index contributed by atoms with van der Waals surface area (Å²) in [7, 11) is -5.46. The maximum absolute atomic E-state index is 13.5. The first-order valence-corrected chi connectivity index (χ1v) is 25.8. The fraction of sp³-hybridized carbons (Fsp3) is 0.755. The molecule has 1 aliphatic carbocycles. The number of cyclic esters (lactones) is 1. The Morgan fingerprint density at radius 2 is 1.39 bits per heavy atom. The van der Waals surface area contributed by atoms with Crippen LogP contribution in [0.2, 0.25) is 0 Å². The summed E-state index contributed by atoms with van der Waals surface area (Å²) >= 11 is 0. The molecule has 17 heteroatoms. The third-order valence-electron chi connectivity index (χ3n) is 11.9. The highest BCUT2D eigenvalue weighted by atomic mass is 31.2. The van der Waals surface area contributed by atoms with Crippen molar-refractivity contribution in [3.05, 3.63) is 60.8 Å². The zero-order valence-corrected chi connectivity index (χ0v) is 40.2. The van der Waals surface area contributed by atoms with Gasteiger partial charge in [0.25, 0.3) is 0 Å². The van der Waals surface area contributed by atoms with Gasteiger partial charge in [-0.2, -0.15) is 0 Å². The Bertz CT molecular complexity index is 1520. The predicted octanol–water partition coefficient (Wildman–Crippen LogP) is 6.10. The SMILES string of the molecule is CCCCCCCC/C=C\C/C=C\C/C=C\CCCC(=O)O[C@@H]1COC(=O)CCC/C=C/C[C@@H]2[C@@H](O)[C@H](O)[C@@H](O)[C@H](OP(=O)(O)OC1)[C@H](O)[C@H](O)[C@@H](/C=C/[C@@H](O)CCCCC)[C@H](O)C[C@@H]2O. The summed E-state index contributed by atoms with van der Waals surface area (Å²) in [6, 6.07) is 0. The van der Waals surface area contributed by atoms with Crippen molar-refractivity contribution in [1.82, 2.24) is 0 Å². The fourth-order valence-corrected chi connectivity index (χ4v) is 8.80. The number of allylic oxidation sites excluding steroid dienone is 8. The molecule has 1 unspecified atom stereocenters. The summed E-state index contributed by atoms with van der Waals surface area (Å²) in [4.78, 5) is 36.5. The van der Waals surface area contributed by atoms with Gasteiger partial charge in [0.15, 0.2) is 6.10 Å². The van der Waals surface area contributed by atoms with E-state index in [0.717, 1.165) is 32.1 Å². The molecule has 380 valence electrons. The van der Waals surface area contributed by atoms with Gasteiger partial charge in [-0.05, 0) is 64.2 Å². The number of esters is 2. The highest BCUT2D eigenvalue weighted by Crippen LogP contribution is 2.47. The number of unbranched alkanes of at least 4 members (excludes halogenated alkanes) is 9. The summed E-state index contributed by atoms with van der Waals surface area (Å²) in [5.74, 6) is -4.11. The number of aliphatic hydroxyl groups excluding tert-OH is 8. The largest absolute Gasteiger partial charge is 0.472 e. The van der Waals surface area contributed by atoms with Crippen molar-refractivity contribution < 1.29 is 78.4 Å². The number of aliphatic hydroxyl groups is 8. The molecule has 1 fully saturated rings. The second-order valence-electron chi connectivity index (χ2n) is 17.6. The minimum Gasteiger partial charge on any atom is -0.462 e. The summed E-state index contributed by atoms with van der Waals surface area (Å²) < 4.78 is 34.7. The van der Waals surface area contributed by atoms with E-state index in [-0.39, 0.29) is 19.3 Å².